The number of aromatic amines is 1. The number of nitrogens with one attached hydrogen (secondary N) is 2. The van der Waals surface area contributed by atoms with Crippen molar-refractivity contribution in [2.24, 2.45) is 5.92 Å². The first-order valence-electron chi connectivity index (χ1n) is 11.5. The van der Waals surface area contributed by atoms with Crippen molar-refractivity contribution in [1.82, 2.24) is 20.3 Å². The van der Waals surface area contributed by atoms with E-state index in [1.807, 2.05) is 31.5 Å². The Morgan fingerprint density at radius 1 is 1.21 bits per heavy atom. The van der Waals surface area contributed by atoms with Gasteiger partial charge in [-0.2, -0.15) is 0 Å². The smallest absolute Gasteiger partial charge is 0.224 e. The molecule has 1 aliphatic rings. The third kappa shape index (κ3) is 3.88. The minimum Gasteiger partial charge on any atom is -0.481 e. The van der Waals surface area contributed by atoms with E-state index in [4.69, 9.17) is 9.72 Å². The predicted molar refractivity (Wildman–Crippen MR) is 132 cm³/mol. The SMILES string of the molecule is CCNC(=O)[C@H]1CCCN(c2ncc(C)c3[nH]c4cc(-c5ccc(OC)nc5)ccc4c23)C1. The van der Waals surface area contributed by atoms with Crippen LogP contribution in [0.1, 0.15) is 25.3 Å². The number of anilines is 1. The van der Waals surface area contributed by atoms with Gasteiger partial charge in [0.05, 0.1) is 23.9 Å². The molecular formula is C26H29N5O2. The predicted octanol–water partition coefficient (Wildman–Crippen LogP) is 4.45. The molecule has 0 saturated carbocycles. The lowest BCUT2D eigenvalue weighted by atomic mass is 9.96. The number of rotatable bonds is 5. The molecule has 1 fully saturated rings. The number of aryl methyl sites for hydroxylation is 1. The summed E-state index contributed by atoms with van der Waals surface area (Å²) in [6.07, 6.45) is 5.66. The Labute approximate surface area is 193 Å². The molecule has 7 nitrogen and oxygen atoms in total. The van der Waals surface area contributed by atoms with E-state index < -0.39 is 0 Å². The molecule has 1 amide bonds. The van der Waals surface area contributed by atoms with Crippen LogP contribution >= 0.6 is 0 Å². The molecule has 4 aromatic rings. The van der Waals surface area contributed by atoms with Gasteiger partial charge in [0.15, 0.2) is 0 Å². The molecule has 170 valence electrons. The summed E-state index contributed by atoms with van der Waals surface area (Å²) in [5, 5.41) is 5.25. The van der Waals surface area contributed by atoms with Crippen molar-refractivity contribution >= 4 is 33.5 Å². The third-order valence-corrected chi connectivity index (χ3v) is 6.52. The second kappa shape index (κ2) is 8.73. The van der Waals surface area contributed by atoms with Gasteiger partial charge >= 0.3 is 0 Å². The van der Waals surface area contributed by atoms with E-state index in [0.717, 1.165) is 63.7 Å². The summed E-state index contributed by atoms with van der Waals surface area (Å²) in [7, 11) is 1.62. The molecule has 5 rings (SSSR count). The second-order valence-corrected chi connectivity index (χ2v) is 8.67. The molecule has 1 saturated heterocycles. The fraction of sp³-hybridized carbons (Fsp3) is 0.346. The molecule has 2 N–H and O–H groups in total. The number of pyridine rings is 2. The maximum absolute atomic E-state index is 12.5. The minimum absolute atomic E-state index is 0.00349. The number of ether oxygens (including phenoxy) is 1. The molecule has 1 aromatic carbocycles. The van der Waals surface area contributed by atoms with Crippen molar-refractivity contribution in [3.63, 3.8) is 0 Å². The topological polar surface area (TPSA) is 83.1 Å². The van der Waals surface area contributed by atoms with Crippen LogP contribution in [0.2, 0.25) is 0 Å². The van der Waals surface area contributed by atoms with Crippen LogP contribution in [0, 0.1) is 12.8 Å². The fourth-order valence-electron chi connectivity index (χ4n) is 4.81. The van der Waals surface area contributed by atoms with Gasteiger partial charge in [0.25, 0.3) is 0 Å². The summed E-state index contributed by atoms with van der Waals surface area (Å²) >= 11 is 0. The number of piperidine rings is 1. The van der Waals surface area contributed by atoms with Gasteiger partial charge in [0.2, 0.25) is 11.8 Å². The number of hydrogen-bond donors (Lipinski definition) is 2. The zero-order valence-electron chi connectivity index (χ0n) is 19.3. The van der Waals surface area contributed by atoms with Crippen molar-refractivity contribution < 1.29 is 9.53 Å². The van der Waals surface area contributed by atoms with Crippen LogP contribution in [-0.4, -0.2) is 47.6 Å². The number of hydrogen-bond acceptors (Lipinski definition) is 5. The number of benzene rings is 1. The number of carbonyl (C=O) groups is 1. The number of aromatic nitrogens is 3. The summed E-state index contributed by atoms with van der Waals surface area (Å²) in [6.45, 7) is 6.31. The minimum atomic E-state index is -0.00349. The van der Waals surface area contributed by atoms with E-state index in [1.54, 1.807) is 7.11 Å². The first-order valence-corrected chi connectivity index (χ1v) is 11.5. The molecule has 1 aliphatic heterocycles. The van der Waals surface area contributed by atoms with Crippen molar-refractivity contribution in [2.75, 3.05) is 31.6 Å². The molecular weight excluding hydrogens is 414 g/mol. The van der Waals surface area contributed by atoms with Crippen LogP contribution in [0.4, 0.5) is 5.82 Å². The third-order valence-electron chi connectivity index (χ3n) is 6.52. The van der Waals surface area contributed by atoms with E-state index in [9.17, 15) is 4.79 Å². The zero-order valence-corrected chi connectivity index (χ0v) is 19.3. The number of nitrogens with zero attached hydrogens (tertiary/aromatic N) is 3. The van der Waals surface area contributed by atoms with Crippen molar-refractivity contribution in [1.29, 1.82) is 0 Å². The zero-order chi connectivity index (χ0) is 22.9. The van der Waals surface area contributed by atoms with E-state index in [0.29, 0.717) is 19.0 Å². The van der Waals surface area contributed by atoms with Crippen LogP contribution in [0.5, 0.6) is 5.88 Å². The van der Waals surface area contributed by atoms with Gasteiger partial charge in [-0.3, -0.25) is 4.79 Å². The monoisotopic (exact) mass is 443 g/mol. The van der Waals surface area contributed by atoms with Crippen LogP contribution in [0.15, 0.2) is 42.7 Å². The maximum atomic E-state index is 12.5. The Morgan fingerprint density at radius 3 is 2.82 bits per heavy atom. The summed E-state index contributed by atoms with van der Waals surface area (Å²) in [6, 6.07) is 10.3. The first-order chi connectivity index (χ1) is 16.1. The summed E-state index contributed by atoms with van der Waals surface area (Å²) in [5.41, 5.74) is 5.39. The number of amides is 1. The van der Waals surface area contributed by atoms with Gasteiger partial charge in [-0.05, 0) is 49.9 Å². The first kappa shape index (κ1) is 21.2. The Balaban J connectivity index is 1.56. The maximum Gasteiger partial charge on any atom is 0.224 e. The molecule has 0 aliphatic carbocycles. The van der Waals surface area contributed by atoms with Crippen molar-refractivity contribution in [2.45, 2.75) is 26.7 Å². The van der Waals surface area contributed by atoms with Crippen LogP contribution in [-0.2, 0) is 4.79 Å². The summed E-state index contributed by atoms with van der Waals surface area (Å²) in [4.78, 5) is 27.6. The van der Waals surface area contributed by atoms with Gasteiger partial charge < -0.3 is 19.9 Å². The summed E-state index contributed by atoms with van der Waals surface area (Å²) in [5.74, 6) is 1.69. The van der Waals surface area contributed by atoms with Gasteiger partial charge in [-0.1, -0.05) is 12.1 Å². The second-order valence-electron chi connectivity index (χ2n) is 8.67. The Morgan fingerprint density at radius 2 is 2.06 bits per heavy atom. The number of carbonyl (C=O) groups excluding carboxylic acids is 1. The highest BCUT2D eigenvalue weighted by molar-refractivity contribution is 6.14. The van der Waals surface area contributed by atoms with Gasteiger partial charge in [-0.25, -0.2) is 9.97 Å². The van der Waals surface area contributed by atoms with E-state index in [-0.39, 0.29) is 11.8 Å². The summed E-state index contributed by atoms with van der Waals surface area (Å²) < 4.78 is 5.18. The highest BCUT2D eigenvalue weighted by atomic mass is 16.5. The molecule has 0 unspecified atom stereocenters. The average Bonchev–Trinajstić information content (AvgIpc) is 3.24. The molecule has 4 heterocycles. The Kier molecular flexibility index (Phi) is 5.62. The highest BCUT2D eigenvalue weighted by Gasteiger charge is 2.28. The molecule has 0 radical (unpaired) electrons. The Hall–Kier alpha value is -3.61. The lowest BCUT2D eigenvalue weighted by Crippen LogP contribution is -2.43. The lowest BCUT2D eigenvalue weighted by Gasteiger charge is -2.33. The largest absolute Gasteiger partial charge is 0.481 e. The number of methoxy groups -OCH3 is 1. The van der Waals surface area contributed by atoms with Crippen LogP contribution < -0.4 is 15.0 Å². The standard InChI is InChI=1S/C26H29N5O2/c1-4-27-26(32)19-6-5-11-31(15-19)25-23-20-9-7-17(18-8-10-22(33-3)28-14-18)12-21(20)30-24(23)16(2)13-29-25/h7-10,12-14,19,30H,4-6,11,15H2,1-3H3,(H,27,32)/t19-/m0/s1. The lowest BCUT2D eigenvalue weighted by molar-refractivity contribution is -0.125. The van der Waals surface area contributed by atoms with E-state index in [1.165, 1.54) is 0 Å². The average molecular weight is 444 g/mol. The number of fused-ring (bicyclic) bond motifs is 3. The van der Waals surface area contributed by atoms with E-state index in [2.05, 4.69) is 45.3 Å². The van der Waals surface area contributed by atoms with Crippen LogP contribution in [0.3, 0.4) is 0 Å². The van der Waals surface area contributed by atoms with Gasteiger partial charge in [0.1, 0.15) is 5.82 Å². The molecule has 0 spiro atoms. The quantitative estimate of drug-likeness (QED) is 0.476. The van der Waals surface area contributed by atoms with Crippen LogP contribution in [0.25, 0.3) is 32.9 Å². The highest BCUT2D eigenvalue weighted by Crippen LogP contribution is 2.37. The van der Waals surface area contributed by atoms with E-state index >= 15 is 0 Å². The van der Waals surface area contributed by atoms with Gasteiger partial charge in [0, 0.05) is 54.6 Å². The molecule has 33 heavy (non-hydrogen) atoms. The van der Waals surface area contributed by atoms with Crippen molar-refractivity contribution in [3.05, 3.63) is 48.3 Å². The molecule has 7 heteroatoms. The fourth-order valence-corrected chi connectivity index (χ4v) is 4.81. The normalized spacial score (nSPS) is 16.3. The Bertz CT molecular complexity index is 1310. The van der Waals surface area contributed by atoms with Gasteiger partial charge in [-0.15, -0.1) is 0 Å². The molecule has 0 bridgehead atoms. The molecule has 1 atom stereocenters. The number of H-pyrrole nitrogens is 1. The van der Waals surface area contributed by atoms with Crippen molar-refractivity contribution in [3.8, 4) is 17.0 Å². The molecule has 3 aromatic heterocycles.